The van der Waals surface area contributed by atoms with Gasteiger partial charge in [-0.2, -0.15) is 0 Å². The van der Waals surface area contributed by atoms with Crippen LogP contribution >= 0.6 is 0 Å². The predicted molar refractivity (Wildman–Crippen MR) is 33.6 cm³/mol. The molecular weight excluding hydrogens is 101 g/mol. The summed E-state index contributed by atoms with van der Waals surface area (Å²) in [6.07, 6.45) is 2.91. The van der Waals surface area contributed by atoms with Gasteiger partial charge in [0.25, 0.3) is 0 Å². The molecule has 0 aromatic carbocycles. The third kappa shape index (κ3) is 5.27. The molecule has 8 heavy (non-hydrogen) atoms. The summed E-state index contributed by atoms with van der Waals surface area (Å²) < 4.78 is 0. The monoisotopic (exact) mass is 109 g/mol. The van der Waals surface area contributed by atoms with Crippen molar-refractivity contribution in [3.05, 3.63) is 12.3 Å². The number of rotatable bonds is 2. The highest BCUT2D eigenvalue weighted by atomic mass is 16.1. The second kappa shape index (κ2) is 3.30. The van der Waals surface area contributed by atoms with Crippen molar-refractivity contribution in [3.63, 3.8) is 0 Å². The third-order valence-electron chi connectivity index (χ3n) is 0.537. The molecule has 2 radical (unpaired) electrons. The number of hydrogen-bond acceptors (Lipinski definition) is 2. The summed E-state index contributed by atoms with van der Waals surface area (Å²) >= 11 is 0. The standard InChI is InChI=1S/C5H8BNO/c1-7(2)4-3-5(6)8/h3-4H,1-2H3/b4-3+. The van der Waals surface area contributed by atoms with Crippen molar-refractivity contribution in [1.82, 2.24) is 4.90 Å². The minimum absolute atomic E-state index is 0.418. The van der Waals surface area contributed by atoms with Gasteiger partial charge in [-0.05, 0) is 6.08 Å². The van der Waals surface area contributed by atoms with E-state index >= 15 is 0 Å². The van der Waals surface area contributed by atoms with E-state index in [0.29, 0.717) is 0 Å². The third-order valence-corrected chi connectivity index (χ3v) is 0.537. The van der Waals surface area contributed by atoms with Crippen LogP contribution in [0.3, 0.4) is 0 Å². The Bertz CT molecular complexity index is 109. The van der Waals surface area contributed by atoms with Crippen LogP contribution in [-0.2, 0) is 4.79 Å². The van der Waals surface area contributed by atoms with E-state index in [9.17, 15) is 4.79 Å². The molecule has 0 N–H and O–H groups in total. The average molecular weight is 109 g/mol. The molecule has 0 amide bonds. The van der Waals surface area contributed by atoms with E-state index in [0.717, 1.165) is 0 Å². The topological polar surface area (TPSA) is 20.3 Å². The van der Waals surface area contributed by atoms with Gasteiger partial charge in [-0.3, -0.25) is 0 Å². The number of nitrogens with zero attached hydrogens (tertiary/aromatic N) is 1. The number of carbonyl (C=O) groups excluding carboxylic acids is 1. The molecule has 0 spiro atoms. The zero-order valence-corrected chi connectivity index (χ0v) is 5.09. The molecule has 0 rings (SSSR count). The van der Waals surface area contributed by atoms with Crippen LogP contribution in [0, 0.1) is 0 Å². The Balaban J connectivity index is 3.50. The average Bonchev–Trinajstić information content (AvgIpc) is 1.61. The van der Waals surface area contributed by atoms with E-state index in [1.165, 1.54) is 6.08 Å². The van der Waals surface area contributed by atoms with Gasteiger partial charge in [0, 0.05) is 20.3 Å². The molecule has 0 saturated heterocycles. The highest BCUT2D eigenvalue weighted by molar-refractivity contribution is 6.60. The van der Waals surface area contributed by atoms with E-state index in [-0.39, 0.29) is 0 Å². The normalized spacial score (nSPS) is 9.75. The van der Waals surface area contributed by atoms with Crippen LogP contribution < -0.4 is 0 Å². The molecule has 3 heteroatoms. The summed E-state index contributed by atoms with van der Waals surface area (Å²) in [6, 6.07) is 0. The van der Waals surface area contributed by atoms with Crippen LogP contribution in [0.15, 0.2) is 12.3 Å². The lowest BCUT2D eigenvalue weighted by Gasteiger charge is -2.00. The minimum atomic E-state index is -0.418. The largest absolute Gasteiger partial charge is 0.383 e. The van der Waals surface area contributed by atoms with Crippen molar-refractivity contribution in [2.24, 2.45) is 0 Å². The Labute approximate surface area is 50.6 Å². The Morgan fingerprint density at radius 2 is 2.12 bits per heavy atom. The SMILES string of the molecule is [B]C(=O)/C=C/N(C)C. The quantitative estimate of drug-likeness (QED) is 0.360. The Kier molecular flexibility index (Phi) is 3.00. The summed E-state index contributed by atoms with van der Waals surface area (Å²) in [5, 5.41) is 0. The maximum Gasteiger partial charge on any atom is 0.174 e. The minimum Gasteiger partial charge on any atom is -0.383 e. The number of carbonyl (C=O) groups is 1. The molecule has 0 heterocycles. The molecule has 42 valence electrons. The Morgan fingerprint density at radius 1 is 1.62 bits per heavy atom. The van der Waals surface area contributed by atoms with E-state index in [2.05, 4.69) is 0 Å². The lowest BCUT2D eigenvalue weighted by molar-refractivity contribution is -0.107. The predicted octanol–water partition coefficient (Wildman–Crippen LogP) is -0.243. The van der Waals surface area contributed by atoms with Gasteiger partial charge in [0.1, 0.15) is 0 Å². The maximum absolute atomic E-state index is 10.0. The number of hydrogen-bond donors (Lipinski definition) is 0. The Hall–Kier alpha value is -0.725. The van der Waals surface area contributed by atoms with E-state index in [1.807, 2.05) is 14.1 Å². The second-order valence-corrected chi connectivity index (χ2v) is 1.68. The van der Waals surface area contributed by atoms with Crippen LogP contribution in [0.2, 0.25) is 0 Å². The van der Waals surface area contributed by atoms with Gasteiger partial charge in [-0.15, -0.1) is 0 Å². The first-order valence-corrected chi connectivity index (χ1v) is 2.27. The summed E-state index contributed by atoms with van der Waals surface area (Å²) in [6.45, 7) is 0. The van der Waals surface area contributed by atoms with Gasteiger partial charge >= 0.3 is 0 Å². The first-order chi connectivity index (χ1) is 3.63. The summed E-state index contributed by atoms with van der Waals surface area (Å²) in [7, 11) is 8.43. The fourth-order valence-electron chi connectivity index (χ4n) is 0.223. The van der Waals surface area contributed by atoms with Crippen molar-refractivity contribution < 1.29 is 4.79 Å². The van der Waals surface area contributed by atoms with Crippen molar-refractivity contribution in [2.45, 2.75) is 0 Å². The van der Waals surface area contributed by atoms with E-state index in [4.69, 9.17) is 7.85 Å². The molecule has 0 saturated carbocycles. The van der Waals surface area contributed by atoms with Crippen molar-refractivity contribution in [2.75, 3.05) is 14.1 Å². The lowest BCUT2D eigenvalue weighted by Crippen LogP contribution is -2.02. The van der Waals surface area contributed by atoms with Crippen molar-refractivity contribution in [3.8, 4) is 0 Å². The molecule has 0 aliphatic rings. The molecule has 0 unspecified atom stereocenters. The Morgan fingerprint density at radius 3 is 2.25 bits per heavy atom. The molecule has 0 aliphatic heterocycles. The fourth-order valence-corrected chi connectivity index (χ4v) is 0.223. The molecule has 0 atom stereocenters. The van der Waals surface area contributed by atoms with E-state index < -0.39 is 5.68 Å². The van der Waals surface area contributed by atoms with Crippen molar-refractivity contribution in [1.29, 1.82) is 0 Å². The summed E-state index contributed by atoms with van der Waals surface area (Å²) in [4.78, 5) is 11.8. The summed E-state index contributed by atoms with van der Waals surface area (Å²) in [5.41, 5.74) is -0.418. The zero-order valence-electron chi connectivity index (χ0n) is 5.09. The smallest absolute Gasteiger partial charge is 0.174 e. The molecule has 0 bridgehead atoms. The van der Waals surface area contributed by atoms with Crippen LogP contribution in [0.1, 0.15) is 0 Å². The van der Waals surface area contributed by atoms with Crippen LogP contribution in [0.4, 0.5) is 0 Å². The molecule has 0 fully saturated rings. The van der Waals surface area contributed by atoms with Gasteiger partial charge in [-0.1, -0.05) is 0 Å². The highest BCUT2D eigenvalue weighted by Crippen LogP contribution is 1.75. The molecule has 2 nitrogen and oxygen atoms in total. The fraction of sp³-hybridized carbons (Fsp3) is 0.400. The van der Waals surface area contributed by atoms with E-state index in [1.54, 1.807) is 11.1 Å². The molecule has 0 aromatic heterocycles. The van der Waals surface area contributed by atoms with Gasteiger partial charge < -0.3 is 9.69 Å². The van der Waals surface area contributed by atoms with Crippen molar-refractivity contribution >= 4 is 13.5 Å². The number of allylic oxidation sites excluding steroid dienone is 1. The van der Waals surface area contributed by atoms with Gasteiger partial charge in [0.2, 0.25) is 0 Å². The van der Waals surface area contributed by atoms with Crippen LogP contribution in [0.25, 0.3) is 0 Å². The van der Waals surface area contributed by atoms with Gasteiger partial charge in [-0.25, -0.2) is 0 Å². The van der Waals surface area contributed by atoms with Crippen LogP contribution in [0.5, 0.6) is 0 Å². The molecule has 0 aliphatic carbocycles. The van der Waals surface area contributed by atoms with Gasteiger partial charge in [0.15, 0.2) is 7.85 Å². The lowest BCUT2D eigenvalue weighted by atomic mass is 10.0. The molecule has 0 aromatic rings. The van der Waals surface area contributed by atoms with Crippen LogP contribution in [-0.4, -0.2) is 32.5 Å². The van der Waals surface area contributed by atoms with Gasteiger partial charge in [0.05, 0.1) is 5.68 Å². The maximum atomic E-state index is 10.0. The first kappa shape index (κ1) is 7.27. The second-order valence-electron chi connectivity index (χ2n) is 1.68. The zero-order chi connectivity index (χ0) is 6.57. The first-order valence-electron chi connectivity index (χ1n) is 2.27. The summed E-state index contributed by atoms with van der Waals surface area (Å²) in [5.74, 6) is 0. The highest BCUT2D eigenvalue weighted by Gasteiger charge is 1.79. The molecular formula is C5H8BNO.